The Balaban J connectivity index is 1.49. The van der Waals surface area contributed by atoms with Gasteiger partial charge in [-0.3, -0.25) is 9.48 Å². The molecular formula is C24H21Cl2FN4O3. The largest absolute Gasteiger partial charge is 0.488 e. The SMILES string of the molecule is Cc1cccc(OCc2c(C(=O)Nc3nn(Cc4ccc(F)cc4Cl)cc3Cl)noc2C)c1C. The van der Waals surface area contributed by atoms with E-state index in [0.29, 0.717) is 22.6 Å². The van der Waals surface area contributed by atoms with Crippen LogP contribution in [0.1, 0.15) is 38.5 Å². The molecule has 7 nitrogen and oxygen atoms in total. The van der Waals surface area contributed by atoms with E-state index in [4.69, 9.17) is 32.5 Å². The molecule has 10 heteroatoms. The predicted octanol–water partition coefficient (Wildman–Crippen LogP) is 6.12. The number of aromatic nitrogens is 3. The van der Waals surface area contributed by atoms with Gasteiger partial charge in [0.2, 0.25) is 0 Å². The lowest BCUT2D eigenvalue weighted by molar-refractivity contribution is 0.101. The summed E-state index contributed by atoms with van der Waals surface area (Å²) in [5, 5.41) is 11.3. The van der Waals surface area contributed by atoms with Crippen LogP contribution in [0.4, 0.5) is 10.2 Å². The lowest BCUT2D eigenvalue weighted by atomic mass is 10.1. The molecule has 0 unspecified atom stereocenters. The van der Waals surface area contributed by atoms with Crippen molar-refractivity contribution in [1.29, 1.82) is 0 Å². The number of carbonyl (C=O) groups is 1. The second-order valence-corrected chi connectivity index (χ2v) is 8.58. The highest BCUT2D eigenvalue weighted by atomic mass is 35.5. The second-order valence-electron chi connectivity index (χ2n) is 7.77. The van der Waals surface area contributed by atoms with Gasteiger partial charge in [0, 0.05) is 11.2 Å². The van der Waals surface area contributed by atoms with Crippen LogP contribution >= 0.6 is 23.2 Å². The first kappa shape index (κ1) is 23.8. The third-order valence-electron chi connectivity index (χ3n) is 5.42. The van der Waals surface area contributed by atoms with E-state index >= 15 is 0 Å². The highest BCUT2D eigenvalue weighted by Crippen LogP contribution is 2.26. The number of hydrogen-bond donors (Lipinski definition) is 1. The number of benzene rings is 2. The number of ether oxygens (including phenoxy) is 1. The Kier molecular flexibility index (Phi) is 6.90. The molecule has 1 amide bonds. The van der Waals surface area contributed by atoms with Gasteiger partial charge in [0.05, 0.1) is 12.1 Å². The molecule has 2 aromatic heterocycles. The van der Waals surface area contributed by atoms with Crippen LogP contribution in [-0.4, -0.2) is 20.8 Å². The fourth-order valence-corrected chi connectivity index (χ4v) is 3.75. The third kappa shape index (κ3) is 5.08. The Morgan fingerprint density at radius 2 is 1.97 bits per heavy atom. The van der Waals surface area contributed by atoms with Crippen LogP contribution in [0.3, 0.4) is 0 Å². The number of nitrogens with one attached hydrogen (secondary N) is 1. The molecule has 0 saturated heterocycles. The van der Waals surface area contributed by atoms with Crippen LogP contribution in [0.25, 0.3) is 0 Å². The Morgan fingerprint density at radius 1 is 1.18 bits per heavy atom. The molecule has 0 atom stereocenters. The molecule has 0 aliphatic rings. The smallest absolute Gasteiger partial charge is 0.279 e. The van der Waals surface area contributed by atoms with Crippen molar-refractivity contribution in [3.05, 3.63) is 92.2 Å². The van der Waals surface area contributed by atoms with Crippen LogP contribution in [0.15, 0.2) is 47.1 Å². The minimum absolute atomic E-state index is 0.0787. The fraction of sp³-hybridized carbons (Fsp3) is 0.208. The molecule has 1 N–H and O–H groups in total. The number of hydrogen-bond acceptors (Lipinski definition) is 5. The summed E-state index contributed by atoms with van der Waals surface area (Å²) in [6.45, 7) is 6.02. The zero-order chi connectivity index (χ0) is 24.4. The maximum absolute atomic E-state index is 13.3. The first-order chi connectivity index (χ1) is 16.2. The predicted molar refractivity (Wildman–Crippen MR) is 127 cm³/mol. The third-order valence-corrected chi connectivity index (χ3v) is 6.05. The van der Waals surface area contributed by atoms with E-state index in [1.807, 2.05) is 32.0 Å². The van der Waals surface area contributed by atoms with Gasteiger partial charge in [-0.15, -0.1) is 0 Å². The Morgan fingerprint density at radius 3 is 2.74 bits per heavy atom. The summed E-state index contributed by atoms with van der Waals surface area (Å²) in [5.41, 5.74) is 3.37. The summed E-state index contributed by atoms with van der Waals surface area (Å²) in [7, 11) is 0. The van der Waals surface area contributed by atoms with Gasteiger partial charge in [0.25, 0.3) is 5.91 Å². The van der Waals surface area contributed by atoms with Gasteiger partial charge in [-0.05, 0) is 55.7 Å². The van der Waals surface area contributed by atoms with Crippen molar-refractivity contribution >= 4 is 34.9 Å². The maximum Gasteiger partial charge on any atom is 0.279 e. The topological polar surface area (TPSA) is 82.2 Å². The first-order valence-corrected chi connectivity index (χ1v) is 11.1. The number of amides is 1. The molecule has 4 rings (SSSR count). The number of nitrogens with zero attached hydrogens (tertiary/aromatic N) is 3. The van der Waals surface area contributed by atoms with E-state index in [2.05, 4.69) is 15.6 Å². The Bertz CT molecular complexity index is 1370. The molecular weight excluding hydrogens is 482 g/mol. The van der Waals surface area contributed by atoms with Crippen molar-refractivity contribution in [2.24, 2.45) is 0 Å². The van der Waals surface area contributed by atoms with Gasteiger partial charge >= 0.3 is 0 Å². The zero-order valence-corrected chi connectivity index (χ0v) is 20.2. The van der Waals surface area contributed by atoms with Gasteiger partial charge in [-0.1, -0.05) is 46.6 Å². The molecule has 0 bridgehead atoms. The number of rotatable bonds is 7. The van der Waals surface area contributed by atoms with Crippen molar-refractivity contribution in [2.75, 3.05) is 5.32 Å². The number of halogens is 3. The van der Waals surface area contributed by atoms with Gasteiger partial charge in [0.1, 0.15) is 29.0 Å². The lowest BCUT2D eigenvalue weighted by Crippen LogP contribution is -2.16. The highest BCUT2D eigenvalue weighted by Gasteiger charge is 2.23. The lowest BCUT2D eigenvalue weighted by Gasteiger charge is -2.11. The monoisotopic (exact) mass is 502 g/mol. The molecule has 176 valence electrons. The highest BCUT2D eigenvalue weighted by molar-refractivity contribution is 6.33. The molecule has 4 aromatic rings. The van der Waals surface area contributed by atoms with Gasteiger partial charge < -0.3 is 14.6 Å². The van der Waals surface area contributed by atoms with Gasteiger partial charge in [0.15, 0.2) is 11.5 Å². The van der Waals surface area contributed by atoms with Crippen LogP contribution in [0.5, 0.6) is 5.75 Å². The van der Waals surface area contributed by atoms with Gasteiger partial charge in [-0.2, -0.15) is 5.10 Å². The molecule has 0 aliphatic carbocycles. The van der Waals surface area contributed by atoms with E-state index in [1.54, 1.807) is 13.0 Å². The number of anilines is 1. The summed E-state index contributed by atoms with van der Waals surface area (Å²) >= 11 is 12.4. The first-order valence-electron chi connectivity index (χ1n) is 10.4. The quantitative estimate of drug-likeness (QED) is 0.329. The van der Waals surface area contributed by atoms with Crippen molar-refractivity contribution in [1.82, 2.24) is 14.9 Å². The summed E-state index contributed by atoms with van der Waals surface area (Å²) < 4.78 is 26.0. The van der Waals surface area contributed by atoms with Crippen LogP contribution in [-0.2, 0) is 13.2 Å². The number of carbonyl (C=O) groups excluding carboxylic acids is 1. The summed E-state index contributed by atoms with van der Waals surface area (Å²) in [6.07, 6.45) is 1.54. The summed E-state index contributed by atoms with van der Waals surface area (Å²) in [6, 6.07) is 9.86. The van der Waals surface area contributed by atoms with Gasteiger partial charge in [-0.25, -0.2) is 4.39 Å². The Labute approximate surface area is 205 Å². The standard InChI is InChI=1S/C24H21Cl2FN4O3/c1-13-5-4-6-21(14(13)2)33-12-18-15(3)34-30-22(18)24(32)28-23-20(26)11-31(29-23)10-16-7-8-17(27)9-19(16)25/h4-9,11H,10,12H2,1-3H3,(H,28,29,32). The minimum Gasteiger partial charge on any atom is -0.488 e. The molecule has 2 heterocycles. The van der Waals surface area contributed by atoms with Crippen molar-refractivity contribution in [2.45, 2.75) is 33.9 Å². The second kappa shape index (κ2) is 9.87. The molecule has 2 aromatic carbocycles. The summed E-state index contributed by atoms with van der Waals surface area (Å²) in [4.78, 5) is 12.9. The van der Waals surface area contributed by atoms with Crippen LogP contribution in [0.2, 0.25) is 10.0 Å². The molecule has 0 radical (unpaired) electrons. The molecule has 0 saturated carbocycles. The fourth-order valence-electron chi connectivity index (χ4n) is 3.32. The van der Waals surface area contributed by atoms with E-state index in [1.165, 1.54) is 23.0 Å². The minimum atomic E-state index is -0.539. The van der Waals surface area contributed by atoms with Crippen molar-refractivity contribution < 1.29 is 18.4 Å². The normalized spacial score (nSPS) is 11.0. The van der Waals surface area contributed by atoms with E-state index in [-0.39, 0.29) is 34.7 Å². The van der Waals surface area contributed by atoms with E-state index in [0.717, 1.165) is 11.1 Å². The van der Waals surface area contributed by atoms with E-state index in [9.17, 15) is 9.18 Å². The maximum atomic E-state index is 13.3. The molecule has 0 spiro atoms. The van der Waals surface area contributed by atoms with E-state index < -0.39 is 11.7 Å². The zero-order valence-electron chi connectivity index (χ0n) is 18.7. The Hall–Kier alpha value is -3.36. The summed E-state index contributed by atoms with van der Waals surface area (Å²) in [5.74, 6) is 0.363. The average molecular weight is 503 g/mol. The molecule has 0 aliphatic heterocycles. The average Bonchev–Trinajstić information content (AvgIpc) is 3.33. The molecule has 0 fully saturated rings. The van der Waals surface area contributed by atoms with Crippen molar-refractivity contribution in [3.8, 4) is 5.75 Å². The van der Waals surface area contributed by atoms with Crippen LogP contribution in [0, 0.1) is 26.6 Å². The molecule has 34 heavy (non-hydrogen) atoms. The van der Waals surface area contributed by atoms with Crippen molar-refractivity contribution in [3.63, 3.8) is 0 Å². The number of aryl methyl sites for hydroxylation is 2. The van der Waals surface area contributed by atoms with Crippen LogP contribution < -0.4 is 10.1 Å².